The fourth-order valence-electron chi connectivity index (χ4n) is 2.37. The zero-order chi connectivity index (χ0) is 17.8. The number of hydrogen-bond acceptors (Lipinski definition) is 5. The van der Waals surface area contributed by atoms with Crippen molar-refractivity contribution in [1.29, 1.82) is 0 Å². The molecule has 1 aromatic carbocycles. The largest absolute Gasteiger partial charge is 0.347 e. The van der Waals surface area contributed by atoms with Gasteiger partial charge in [-0.2, -0.15) is 10.1 Å². The first-order chi connectivity index (χ1) is 12.1. The zero-order valence-electron chi connectivity index (χ0n) is 13.3. The maximum atomic E-state index is 13.7. The molecule has 0 bridgehead atoms. The monoisotopic (exact) mass is 347 g/mol. The topological polar surface area (TPSA) is 85.8 Å². The molecule has 9 heteroatoms. The number of carbonyl (C=O) groups excluding carboxylic acids is 1. The Kier molecular flexibility index (Phi) is 4.82. The molecule has 1 amide bonds. The molecule has 25 heavy (non-hydrogen) atoms. The Hall–Kier alpha value is -3.10. The second-order valence-corrected chi connectivity index (χ2v) is 5.24. The second kappa shape index (κ2) is 7.20. The van der Waals surface area contributed by atoms with E-state index in [1.165, 1.54) is 6.07 Å². The van der Waals surface area contributed by atoms with Crippen LogP contribution in [0.1, 0.15) is 25.2 Å². The summed E-state index contributed by atoms with van der Waals surface area (Å²) in [4.78, 5) is 16.2. The lowest BCUT2D eigenvalue weighted by Gasteiger charge is -2.14. The van der Waals surface area contributed by atoms with Crippen LogP contribution in [0, 0.1) is 11.6 Å². The molecule has 0 aliphatic carbocycles. The third-order valence-electron chi connectivity index (χ3n) is 3.60. The average molecular weight is 347 g/mol. The maximum absolute atomic E-state index is 13.7. The van der Waals surface area contributed by atoms with Crippen LogP contribution in [0.4, 0.5) is 8.78 Å². The number of nitrogens with zero attached hydrogens (tertiary/aromatic N) is 4. The van der Waals surface area contributed by atoms with Crippen molar-refractivity contribution in [1.82, 2.24) is 25.2 Å². The van der Waals surface area contributed by atoms with Crippen molar-refractivity contribution in [2.75, 3.05) is 0 Å². The Morgan fingerprint density at radius 1 is 1.32 bits per heavy atom. The smallest absolute Gasteiger partial charge is 0.263 e. The average Bonchev–Trinajstić information content (AvgIpc) is 3.26. The minimum atomic E-state index is -0.802. The van der Waals surface area contributed by atoms with Crippen LogP contribution in [-0.4, -0.2) is 25.8 Å². The van der Waals surface area contributed by atoms with Gasteiger partial charge in [0.1, 0.15) is 23.2 Å². The molecule has 0 saturated heterocycles. The lowest BCUT2D eigenvalue weighted by Crippen LogP contribution is -2.32. The summed E-state index contributed by atoms with van der Waals surface area (Å²) < 4.78 is 33.9. The molecule has 3 rings (SSSR count). The zero-order valence-corrected chi connectivity index (χ0v) is 13.3. The predicted molar refractivity (Wildman–Crippen MR) is 83.1 cm³/mol. The number of benzene rings is 1. The summed E-state index contributed by atoms with van der Waals surface area (Å²) in [7, 11) is 0. The third-order valence-corrected chi connectivity index (χ3v) is 3.60. The fraction of sp³-hybridized carbons (Fsp3) is 0.250. The summed E-state index contributed by atoms with van der Waals surface area (Å²) in [5, 5.41) is 10.3. The van der Waals surface area contributed by atoms with Gasteiger partial charge in [0.05, 0.1) is 6.54 Å². The van der Waals surface area contributed by atoms with E-state index in [9.17, 15) is 13.6 Å². The summed E-state index contributed by atoms with van der Waals surface area (Å²) in [5.74, 6) is -2.04. The van der Waals surface area contributed by atoms with Gasteiger partial charge < -0.3 is 9.84 Å². The molecular weight excluding hydrogens is 332 g/mol. The van der Waals surface area contributed by atoms with Crippen molar-refractivity contribution >= 4 is 5.91 Å². The molecular formula is C16H15F2N5O2. The molecule has 0 aliphatic rings. The number of halogens is 2. The standard InChI is InChI=1S/C16H15F2N5O2/c1-2-12(23-8-4-7-20-23)15(24)19-9-13-21-16(25-22-13)14-10(17)5-3-6-11(14)18/h3-8,12H,2,9H2,1H3,(H,19,24)/t12-/m0/s1. The summed E-state index contributed by atoms with van der Waals surface area (Å²) in [6.45, 7) is 1.83. The number of amides is 1. The molecule has 0 saturated carbocycles. The van der Waals surface area contributed by atoms with Gasteiger partial charge in [0.2, 0.25) is 5.91 Å². The highest BCUT2D eigenvalue weighted by Gasteiger charge is 2.21. The molecule has 2 aromatic heterocycles. The van der Waals surface area contributed by atoms with E-state index in [4.69, 9.17) is 4.52 Å². The van der Waals surface area contributed by atoms with Crippen LogP contribution >= 0.6 is 0 Å². The SMILES string of the molecule is CC[C@@H](C(=O)NCc1noc(-c2c(F)cccc2F)n1)n1cccn1. The van der Waals surface area contributed by atoms with Crippen LogP contribution in [0.15, 0.2) is 41.2 Å². The Labute approximate surface area is 141 Å². The minimum absolute atomic E-state index is 0.0316. The van der Waals surface area contributed by atoms with E-state index in [2.05, 4.69) is 20.6 Å². The number of hydrogen-bond donors (Lipinski definition) is 1. The third kappa shape index (κ3) is 3.54. The molecule has 0 unspecified atom stereocenters. The van der Waals surface area contributed by atoms with Gasteiger partial charge in [0.15, 0.2) is 5.82 Å². The van der Waals surface area contributed by atoms with Crippen LogP contribution in [0.25, 0.3) is 11.5 Å². The van der Waals surface area contributed by atoms with Gasteiger partial charge in [0.25, 0.3) is 5.89 Å². The van der Waals surface area contributed by atoms with Gasteiger partial charge in [-0.25, -0.2) is 8.78 Å². The van der Waals surface area contributed by atoms with Gasteiger partial charge in [-0.15, -0.1) is 0 Å². The highest BCUT2D eigenvalue weighted by molar-refractivity contribution is 5.80. The molecule has 0 spiro atoms. The van der Waals surface area contributed by atoms with Crippen molar-refractivity contribution in [2.45, 2.75) is 25.9 Å². The molecule has 0 radical (unpaired) electrons. The first kappa shape index (κ1) is 16.7. The van der Waals surface area contributed by atoms with E-state index < -0.39 is 23.2 Å². The second-order valence-electron chi connectivity index (χ2n) is 5.24. The molecule has 130 valence electrons. The molecule has 1 atom stereocenters. The van der Waals surface area contributed by atoms with E-state index in [0.29, 0.717) is 6.42 Å². The van der Waals surface area contributed by atoms with Gasteiger partial charge in [-0.1, -0.05) is 18.1 Å². The summed E-state index contributed by atoms with van der Waals surface area (Å²) in [6, 6.07) is 4.70. The summed E-state index contributed by atoms with van der Waals surface area (Å²) in [6.07, 6.45) is 3.83. The predicted octanol–water partition coefficient (Wildman–Crippen LogP) is 2.48. The summed E-state index contributed by atoms with van der Waals surface area (Å²) in [5.41, 5.74) is -0.393. The van der Waals surface area contributed by atoms with Crippen molar-refractivity contribution in [2.24, 2.45) is 0 Å². The van der Waals surface area contributed by atoms with Crippen molar-refractivity contribution in [3.05, 3.63) is 54.1 Å². The number of aromatic nitrogens is 4. The van der Waals surface area contributed by atoms with Crippen LogP contribution in [0.2, 0.25) is 0 Å². The summed E-state index contributed by atoms with van der Waals surface area (Å²) >= 11 is 0. The van der Waals surface area contributed by atoms with Crippen LogP contribution in [0.3, 0.4) is 0 Å². The number of nitrogens with one attached hydrogen (secondary N) is 1. The lowest BCUT2D eigenvalue weighted by molar-refractivity contribution is -0.124. The highest BCUT2D eigenvalue weighted by Crippen LogP contribution is 2.24. The van der Waals surface area contributed by atoms with Crippen molar-refractivity contribution in [3.63, 3.8) is 0 Å². The minimum Gasteiger partial charge on any atom is -0.347 e. The molecule has 0 aliphatic heterocycles. The van der Waals surface area contributed by atoms with Crippen LogP contribution < -0.4 is 5.32 Å². The van der Waals surface area contributed by atoms with E-state index in [1.54, 1.807) is 23.1 Å². The van der Waals surface area contributed by atoms with E-state index in [0.717, 1.165) is 12.1 Å². The van der Waals surface area contributed by atoms with Crippen LogP contribution in [-0.2, 0) is 11.3 Å². The van der Waals surface area contributed by atoms with Crippen molar-refractivity contribution in [3.8, 4) is 11.5 Å². The van der Waals surface area contributed by atoms with E-state index >= 15 is 0 Å². The van der Waals surface area contributed by atoms with Gasteiger partial charge in [0, 0.05) is 12.4 Å². The molecule has 1 N–H and O–H groups in total. The van der Waals surface area contributed by atoms with E-state index in [1.807, 2.05) is 6.92 Å². The maximum Gasteiger partial charge on any atom is 0.263 e. The first-order valence-corrected chi connectivity index (χ1v) is 7.64. The highest BCUT2D eigenvalue weighted by atomic mass is 19.1. The fourth-order valence-corrected chi connectivity index (χ4v) is 2.37. The number of rotatable bonds is 6. The first-order valence-electron chi connectivity index (χ1n) is 7.64. The van der Waals surface area contributed by atoms with Crippen molar-refractivity contribution < 1.29 is 18.1 Å². The Balaban J connectivity index is 1.69. The normalized spacial score (nSPS) is 12.1. The molecule has 0 fully saturated rings. The van der Waals surface area contributed by atoms with Gasteiger partial charge in [-0.3, -0.25) is 9.48 Å². The molecule has 3 aromatic rings. The van der Waals surface area contributed by atoms with Gasteiger partial charge in [-0.05, 0) is 24.6 Å². The van der Waals surface area contributed by atoms with Gasteiger partial charge >= 0.3 is 0 Å². The quantitative estimate of drug-likeness (QED) is 0.740. The van der Waals surface area contributed by atoms with Crippen LogP contribution in [0.5, 0.6) is 0 Å². The lowest BCUT2D eigenvalue weighted by atomic mass is 10.2. The molecule has 7 nitrogen and oxygen atoms in total. The Morgan fingerprint density at radius 3 is 2.72 bits per heavy atom. The van der Waals surface area contributed by atoms with E-state index in [-0.39, 0.29) is 24.2 Å². The Bertz CT molecular complexity index is 843. The number of carbonyl (C=O) groups is 1. The Morgan fingerprint density at radius 2 is 2.08 bits per heavy atom. The molecule has 2 heterocycles.